The second-order valence-corrected chi connectivity index (χ2v) is 6.21. The molecule has 0 saturated heterocycles. The molecule has 3 aromatic carbocycles. The highest BCUT2D eigenvalue weighted by molar-refractivity contribution is 6.14. The summed E-state index contributed by atoms with van der Waals surface area (Å²) in [7, 11) is 0. The third-order valence-corrected chi connectivity index (χ3v) is 4.31. The summed E-state index contributed by atoms with van der Waals surface area (Å²) in [6.45, 7) is 1.85. The third-order valence-electron chi connectivity index (χ3n) is 4.31. The first-order valence-electron chi connectivity index (χ1n) is 8.53. The van der Waals surface area contributed by atoms with Crippen LogP contribution in [0.4, 0.5) is 0 Å². The smallest absolute Gasteiger partial charge is 0.343 e. The Morgan fingerprint density at radius 3 is 2.48 bits per heavy atom. The maximum atomic E-state index is 12.5. The van der Waals surface area contributed by atoms with E-state index in [-0.39, 0.29) is 11.5 Å². The van der Waals surface area contributed by atoms with E-state index < -0.39 is 5.97 Å². The van der Waals surface area contributed by atoms with Crippen molar-refractivity contribution in [3.05, 3.63) is 101 Å². The highest BCUT2D eigenvalue weighted by Gasteiger charge is 2.28. The van der Waals surface area contributed by atoms with Gasteiger partial charge in [-0.2, -0.15) is 0 Å². The van der Waals surface area contributed by atoms with Crippen LogP contribution in [0.5, 0.6) is 11.5 Å². The molecule has 0 bridgehead atoms. The summed E-state index contributed by atoms with van der Waals surface area (Å²) in [5.41, 5.74) is 2.66. The van der Waals surface area contributed by atoms with Crippen LogP contribution >= 0.6 is 0 Å². The van der Waals surface area contributed by atoms with Gasteiger partial charge in [-0.1, -0.05) is 48.5 Å². The number of carbonyl (C=O) groups excluding carboxylic acids is 2. The lowest BCUT2D eigenvalue weighted by Gasteiger charge is -2.07. The van der Waals surface area contributed by atoms with Gasteiger partial charge in [-0.15, -0.1) is 0 Å². The van der Waals surface area contributed by atoms with E-state index in [1.165, 1.54) is 0 Å². The largest absolute Gasteiger partial charge is 0.452 e. The molecular weight excluding hydrogens is 340 g/mol. The topological polar surface area (TPSA) is 52.6 Å². The van der Waals surface area contributed by atoms with E-state index in [1.807, 2.05) is 49.4 Å². The molecule has 1 heterocycles. The van der Waals surface area contributed by atoms with Crippen LogP contribution in [0.25, 0.3) is 6.08 Å². The normalized spacial score (nSPS) is 14.0. The Kier molecular flexibility index (Phi) is 4.30. The van der Waals surface area contributed by atoms with Gasteiger partial charge in [-0.25, -0.2) is 4.79 Å². The van der Waals surface area contributed by atoms with Gasteiger partial charge >= 0.3 is 5.97 Å². The standard InChI is InChI=1S/C23H16O4/c1-15-7-5-6-10-18(15)23(25)26-17-11-12-19-20(14-17)27-21(22(19)24)13-16-8-3-2-4-9-16/h2-14H,1H3/b21-13-. The first-order valence-corrected chi connectivity index (χ1v) is 8.53. The maximum Gasteiger partial charge on any atom is 0.343 e. The number of hydrogen-bond donors (Lipinski definition) is 0. The molecule has 0 aromatic heterocycles. The van der Waals surface area contributed by atoms with Gasteiger partial charge in [0, 0.05) is 6.07 Å². The Bertz CT molecular complexity index is 1060. The minimum Gasteiger partial charge on any atom is -0.452 e. The number of fused-ring (bicyclic) bond motifs is 1. The van der Waals surface area contributed by atoms with E-state index in [9.17, 15) is 9.59 Å². The molecule has 4 nitrogen and oxygen atoms in total. The zero-order chi connectivity index (χ0) is 18.8. The first-order chi connectivity index (χ1) is 13.1. The predicted octanol–water partition coefficient (Wildman–Crippen LogP) is 4.83. The molecule has 0 amide bonds. The van der Waals surface area contributed by atoms with Crippen molar-refractivity contribution in [3.63, 3.8) is 0 Å². The summed E-state index contributed by atoms with van der Waals surface area (Å²) in [6, 6.07) is 21.5. The number of benzene rings is 3. The van der Waals surface area contributed by atoms with Gasteiger partial charge in [0.1, 0.15) is 11.5 Å². The van der Waals surface area contributed by atoms with Crippen LogP contribution in [0.3, 0.4) is 0 Å². The number of allylic oxidation sites excluding steroid dienone is 1. The molecule has 1 aliphatic heterocycles. The average molecular weight is 356 g/mol. The van der Waals surface area contributed by atoms with Gasteiger partial charge in [0.15, 0.2) is 5.76 Å². The maximum absolute atomic E-state index is 12.5. The molecule has 0 aliphatic carbocycles. The van der Waals surface area contributed by atoms with E-state index in [2.05, 4.69) is 0 Å². The van der Waals surface area contributed by atoms with Crippen molar-refractivity contribution in [1.82, 2.24) is 0 Å². The Hall–Kier alpha value is -3.66. The van der Waals surface area contributed by atoms with Gasteiger partial charge in [0.05, 0.1) is 11.1 Å². The monoisotopic (exact) mass is 356 g/mol. The van der Waals surface area contributed by atoms with Crippen molar-refractivity contribution in [2.24, 2.45) is 0 Å². The number of ether oxygens (including phenoxy) is 2. The Morgan fingerprint density at radius 2 is 1.70 bits per heavy atom. The fraction of sp³-hybridized carbons (Fsp3) is 0.0435. The molecule has 0 radical (unpaired) electrons. The van der Waals surface area contributed by atoms with Crippen molar-refractivity contribution in [2.45, 2.75) is 6.92 Å². The second-order valence-electron chi connectivity index (χ2n) is 6.21. The van der Waals surface area contributed by atoms with E-state index in [1.54, 1.807) is 36.4 Å². The summed E-state index contributed by atoms with van der Waals surface area (Å²) in [5.74, 6) is 0.328. The molecule has 4 heteroatoms. The summed E-state index contributed by atoms with van der Waals surface area (Å²) in [6.07, 6.45) is 1.70. The molecular formula is C23H16O4. The molecule has 4 rings (SSSR count). The Balaban J connectivity index is 1.57. The molecule has 0 saturated carbocycles. The van der Waals surface area contributed by atoms with Crippen molar-refractivity contribution >= 4 is 17.8 Å². The highest BCUT2D eigenvalue weighted by atomic mass is 16.5. The molecule has 1 aliphatic rings. The van der Waals surface area contributed by atoms with E-state index in [0.717, 1.165) is 11.1 Å². The SMILES string of the molecule is Cc1ccccc1C(=O)Oc1ccc2c(c1)O/C(=C\c1ccccc1)C2=O. The number of hydrogen-bond acceptors (Lipinski definition) is 4. The van der Waals surface area contributed by atoms with Gasteiger partial charge in [-0.3, -0.25) is 4.79 Å². The van der Waals surface area contributed by atoms with Crippen LogP contribution in [-0.4, -0.2) is 11.8 Å². The van der Waals surface area contributed by atoms with Crippen LogP contribution in [0.2, 0.25) is 0 Å². The molecule has 27 heavy (non-hydrogen) atoms. The third kappa shape index (κ3) is 3.37. The zero-order valence-corrected chi connectivity index (χ0v) is 14.6. The zero-order valence-electron chi connectivity index (χ0n) is 14.6. The fourth-order valence-electron chi connectivity index (χ4n) is 2.90. The summed E-state index contributed by atoms with van der Waals surface area (Å²) in [4.78, 5) is 24.9. The van der Waals surface area contributed by atoms with Crippen molar-refractivity contribution < 1.29 is 19.1 Å². The van der Waals surface area contributed by atoms with Gasteiger partial charge in [0.2, 0.25) is 5.78 Å². The molecule has 0 unspecified atom stereocenters. The molecule has 3 aromatic rings. The van der Waals surface area contributed by atoms with E-state index in [0.29, 0.717) is 22.6 Å². The van der Waals surface area contributed by atoms with Crippen LogP contribution in [0, 0.1) is 6.92 Å². The number of ketones is 1. The predicted molar refractivity (Wildman–Crippen MR) is 102 cm³/mol. The quantitative estimate of drug-likeness (QED) is 0.383. The van der Waals surface area contributed by atoms with Crippen LogP contribution in [0.1, 0.15) is 31.8 Å². The number of aryl methyl sites for hydroxylation is 1. The van der Waals surface area contributed by atoms with Crippen LogP contribution < -0.4 is 9.47 Å². The van der Waals surface area contributed by atoms with Crippen molar-refractivity contribution in [2.75, 3.05) is 0 Å². The van der Waals surface area contributed by atoms with Gasteiger partial charge in [0.25, 0.3) is 0 Å². The lowest BCUT2D eigenvalue weighted by atomic mass is 10.1. The number of carbonyl (C=O) groups is 2. The van der Waals surface area contributed by atoms with Gasteiger partial charge < -0.3 is 9.47 Å². The minimum absolute atomic E-state index is 0.189. The minimum atomic E-state index is -0.447. The highest BCUT2D eigenvalue weighted by Crippen LogP contribution is 2.35. The molecule has 0 fully saturated rings. The van der Waals surface area contributed by atoms with Crippen LogP contribution in [0.15, 0.2) is 78.6 Å². The molecule has 0 spiro atoms. The Morgan fingerprint density at radius 1 is 0.963 bits per heavy atom. The molecule has 132 valence electrons. The second kappa shape index (κ2) is 6.92. The summed E-state index contributed by atoms with van der Waals surface area (Å²) < 4.78 is 11.1. The van der Waals surface area contributed by atoms with Crippen molar-refractivity contribution in [3.8, 4) is 11.5 Å². The fourth-order valence-corrected chi connectivity index (χ4v) is 2.90. The van der Waals surface area contributed by atoms with Crippen molar-refractivity contribution in [1.29, 1.82) is 0 Å². The summed E-state index contributed by atoms with van der Waals surface area (Å²) in [5, 5.41) is 0. The van der Waals surface area contributed by atoms with E-state index in [4.69, 9.17) is 9.47 Å². The summed E-state index contributed by atoms with van der Waals surface area (Å²) >= 11 is 0. The lowest BCUT2D eigenvalue weighted by Crippen LogP contribution is -2.10. The Labute approximate surface area is 156 Å². The number of esters is 1. The van der Waals surface area contributed by atoms with Crippen LogP contribution in [-0.2, 0) is 0 Å². The lowest BCUT2D eigenvalue weighted by molar-refractivity contribution is 0.0733. The van der Waals surface area contributed by atoms with E-state index >= 15 is 0 Å². The first kappa shape index (κ1) is 16.8. The molecule has 0 N–H and O–H groups in total. The number of Topliss-reactive ketones (excluding diaryl/α,β-unsaturated/α-hetero) is 1. The average Bonchev–Trinajstić information content (AvgIpc) is 2.98. The van der Waals surface area contributed by atoms with Gasteiger partial charge in [-0.05, 0) is 42.3 Å². The number of rotatable bonds is 3. The molecule has 0 atom stereocenters.